The van der Waals surface area contributed by atoms with Gasteiger partial charge in [-0.05, 0) is 56.5 Å². The Hall–Kier alpha value is -3.11. The maximum atomic E-state index is 13.3. The van der Waals surface area contributed by atoms with E-state index in [0.29, 0.717) is 17.0 Å². The average molecular weight is 432 g/mol. The summed E-state index contributed by atoms with van der Waals surface area (Å²) in [5.74, 6) is 0. The van der Waals surface area contributed by atoms with E-state index in [-0.39, 0.29) is 11.6 Å². The predicted molar refractivity (Wildman–Crippen MR) is 127 cm³/mol. The van der Waals surface area contributed by atoms with E-state index >= 15 is 0 Å². The summed E-state index contributed by atoms with van der Waals surface area (Å²) in [5.41, 5.74) is 7.22. The van der Waals surface area contributed by atoms with E-state index in [1.807, 2.05) is 30.9 Å². The molecule has 4 aromatic rings. The van der Waals surface area contributed by atoms with Crippen molar-refractivity contribution in [2.75, 3.05) is 0 Å². The zero-order chi connectivity index (χ0) is 22.1. The summed E-state index contributed by atoms with van der Waals surface area (Å²) < 4.78 is 3.75. The van der Waals surface area contributed by atoms with Gasteiger partial charge in [-0.15, -0.1) is 0 Å². The molecule has 0 fully saturated rings. The van der Waals surface area contributed by atoms with E-state index in [1.165, 1.54) is 5.56 Å². The molecule has 2 aromatic carbocycles. The molecule has 0 spiro atoms. The molecule has 4 nitrogen and oxygen atoms in total. The summed E-state index contributed by atoms with van der Waals surface area (Å²) >= 11 is 6.41. The second-order valence-electron chi connectivity index (χ2n) is 8.20. The van der Waals surface area contributed by atoms with E-state index in [0.717, 1.165) is 28.1 Å². The summed E-state index contributed by atoms with van der Waals surface area (Å²) in [6.07, 6.45) is 6.08. The first-order valence-corrected chi connectivity index (χ1v) is 10.8. The smallest absolute Gasteiger partial charge is 0.254 e. The Bertz CT molecular complexity index is 1290. The van der Waals surface area contributed by atoms with Gasteiger partial charge in [0.25, 0.3) is 5.56 Å². The van der Waals surface area contributed by atoms with Gasteiger partial charge in [-0.3, -0.25) is 4.79 Å². The van der Waals surface area contributed by atoms with Crippen LogP contribution in [0.1, 0.15) is 46.5 Å². The van der Waals surface area contributed by atoms with E-state index in [2.05, 4.69) is 61.3 Å². The highest BCUT2D eigenvalue weighted by Crippen LogP contribution is 2.22. The first-order valence-electron chi connectivity index (χ1n) is 10.4. The molecule has 0 unspecified atom stereocenters. The van der Waals surface area contributed by atoms with Crippen molar-refractivity contribution >= 4 is 11.6 Å². The molecule has 2 aromatic heterocycles. The number of hydrogen-bond acceptors (Lipinski definition) is 2. The van der Waals surface area contributed by atoms with Crippen LogP contribution < -0.4 is 5.56 Å². The van der Waals surface area contributed by atoms with Crippen molar-refractivity contribution in [3.05, 3.63) is 116 Å². The molecule has 0 N–H and O–H groups in total. The number of benzene rings is 2. The molecule has 31 heavy (non-hydrogen) atoms. The summed E-state index contributed by atoms with van der Waals surface area (Å²) in [6.45, 7) is 8.13. The van der Waals surface area contributed by atoms with E-state index in [1.54, 1.807) is 16.8 Å². The zero-order valence-corrected chi connectivity index (χ0v) is 19.0. The van der Waals surface area contributed by atoms with Crippen LogP contribution in [0.5, 0.6) is 0 Å². The van der Waals surface area contributed by atoms with Gasteiger partial charge < -0.3 is 9.13 Å². The minimum atomic E-state index is -0.0980. The van der Waals surface area contributed by atoms with Crippen LogP contribution in [0.15, 0.2) is 72.0 Å². The summed E-state index contributed by atoms with van der Waals surface area (Å²) in [4.78, 5) is 17.6. The van der Waals surface area contributed by atoms with Gasteiger partial charge in [0, 0.05) is 30.1 Å². The standard InChI is InChI=1S/C26H26ClN3O/c1-17-5-8-22(9-6-17)20(4)30-15-24(27)13-23(26(30)31)12-21-7-10-25(18(2)11-21)29-14-19(3)28-16-29/h5-11,13-16,20H,12H2,1-4H3/t20-/m0/s1. The number of aryl methyl sites for hydroxylation is 3. The van der Waals surface area contributed by atoms with Crippen LogP contribution in [-0.4, -0.2) is 14.1 Å². The molecule has 5 heteroatoms. The molecule has 0 aliphatic heterocycles. The molecular weight excluding hydrogens is 406 g/mol. The van der Waals surface area contributed by atoms with Crippen molar-refractivity contribution < 1.29 is 0 Å². The summed E-state index contributed by atoms with van der Waals surface area (Å²) in [5, 5.41) is 0.566. The molecule has 2 heterocycles. The number of hydrogen-bond donors (Lipinski definition) is 0. The average Bonchev–Trinajstić information content (AvgIpc) is 3.16. The lowest BCUT2D eigenvalue weighted by Crippen LogP contribution is -2.26. The fourth-order valence-corrected chi connectivity index (χ4v) is 4.17. The normalized spacial score (nSPS) is 12.2. The molecule has 0 saturated carbocycles. The maximum absolute atomic E-state index is 13.3. The fraction of sp³-hybridized carbons (Fsp3) is 0.231. The Morgan fingerprint density at radius 3 is 2.39 bits per heavy atom. The zero-order valence-electron chi connectivity index (χ0n) is 18.3. The van der Waals surface area contributed by atoms with Gasteiger partial charge in [-0.1, -0.05) is 53.6 Å². The van der Waals surface area contributed by atoms with Crippen LogP contribution >= 0.6 is 11.6 Å². The van der Waals surface area contributed by atoms with E-state index < -0.39 is 0 Å². The molecular formula is C26H26ClN3O. The van der Waals surface area contributed by atoms with Gasteiger partial charge in [0.2, 0.25) is 0 Å². The highest BCUT2D eigenvalue weighted by molar-refractivity contribution is 6.30. The molecule has 0 radical (unpaired) electrons. The van der Waals surface area contributed by atoms with Crippen LogP contribution in [0.3, 0.4) is 0 Å². The molecule has 0 aliphatic carbocycles. The number of halogens is 1. The maximum Gasteiger partial charge on any atom is 0.254 e. The summed E-state index contributed by atoms with van der Waals surface area (Å²) in [7, 11) is 0. The van der Waals surface area contributed by atoms with Crippen molar-refractivity contribution in [2.24, 2.45) is 0 Å². The van der Waals surface area contributed by atoms with Gasteiger partial charge in [0.15, 0.2) is 0 Å². The molecule has 4 rings (SSSR count). The highest BCUT2D eigenvalue weighted by atomic mass is 35.5. The number of pyridine rings is 1. The van der Waals surface area contributed by atoms with Gasteiger partial charge >= 0.3 is 0 Å². The van der Waals surface area contributed by atoms with Crippen molar-refractivity contribution in [3.8, 4) is 5.69 Å². The summed E-state index contributed by atoms with van der Waals surface area (Å²) in [6, 6.07) is 16.2. The topological polar surface area (TPSA) is 39.8 Å². The first kappa shape index (κ1) is 21.1. The first-order chi connectivity index (χ1) is 14.8. The van der Waals surface area contributed by atoms with Gasteiger partial charge in [-0.25, -0.2) is 4.98 Å². The van der Waals surface area contributed by atoms with Crippen molar-refractivity contribution in [2.45, 2.75) is 40.2 Å². The monoisotopic (exact) mass is 431 g/mol. The third-order valence-corrected chi connectivity index (χ3v) is 5.91. The second-order valence-corrected chi connectivity index (χ2v) is 8.64. The van der Waals surface area contributed by atoms with Gasteiger partial charge in [-0.2, -0.15) is 0 Å². The Morgan fingerprint density at radius 2 is 1.74 bits per heavy atom. The van der Waals surface area contributed by atoms with Crippen LogP contribution in [-0.2, 0) is 6.42 Å². The molecule has 0 amide bonds. The Balaban J connectivity index is 1.65. The molecule has 0 bridgehead atoms. The fourth-order valence-electron chi connectivity index (χ4n) is 3.93. The number of aromatic nitrogens is 3. The molecule has 158 valence electrons. The van der Waals surface area contributed by atoms with Crippen molar-refractivity contribution in [1.82, 2.24) is 14.1 Å². The number of nitrogens with zero attached hydrogens (tertiary/aromatic N) is 3. The quantitative estimate of drug-likeness (QED) is 0.400. The van der Waals surface area contributed by atoms with Crippen LogP contribution in [0.4, 0.5) is 0 Å². The van der Waals surface area contributed by atoms with Crippen molar-refractivity contribution in [3.63, 3.8) is 0 Å². The Labute approximate surface area is 187 Å². The molecule has 0 saturated heterocycles. The SMILES string of the molecule is Cc1ccc([C@H](C)n2cc(Cl)cc(Cc3ccc(-n4cnc(C)c4)c(C)c3)c2=O)cc1. The predicted octanol–water partition coefficient (Wildman–Crippen LogP) is 5.81. The minimum absolute atomic E-state index is 0.00978. The van der Waals surface area contributed by atoms with Crippen LogP contribution in [0.2, 0.25) is 5.02 Å². The van der Waals surface area contributed by atoms with Crippen LogP contribution in [0, 0.1) is 20.8 Å². The molecule has 0 aliphatic rings. The Kier molecular flexibility index (Phi) is 5.84. The molecule has 1 atom stereocenters. The third-order valence-electron chi connectivity index (χ3n) is 5.71. The van der Waals surface area contributed by atoms with Gasteiger partial charge in [0.05, 0.1) is 23.1 Å². The van der Waals surface area contributed by atoms with Gasteiger partial charge in [0.1, 0.15) is 0 Å². The minimum Gasteiger partial charge on any atom is -0.307 e. The lowest BCUT2D eigenvalue weighted by molar-refractivity contribution is 0.609. The van der Waals surface area contributed by atoms with Crippen molar-refractivity contribution in [1.29, 1.82) is 0 Å². The Morgan fingerprint density at radius 1 is 1.00 bits per heavy atom. The largest absolute Gasteiger partial charge is 0.307 e. The van der Waals surface area contributed by atoms with E-state index in [9.17, 15) is 4.79 Å². The number of rotatable bonds is 5. The lowest BCUT2D eigenvalue weighted by Gasteiger charge is -2.18. The lowest BCUT2D eigenvalue weighted by atomic mass is 10.0. The third kappa shape index (κ3) is 4.49. The second kappa shape index (κ2) is 8.56. The number of imidazole rings is 1. The van der Waals surface area contributed by atoms with Crippen LogP contribution in [0.25, 0.3) is 5.69 Å². The van der Waals surface area contributed by atoms with E-state index in [4.69, 9.17) is 11.6 Å². The highest BCUT2D eigenvalue weighted by Gasteiger charge is 2.14.